The second kappa shape index (κ2) is 10.8. The van der Waals surface area contributed by atoms with Crippen LogP contribution in [0, 0.1) is 25.6 Å². The zero-order chi connectivity index (χ0) is 25.2. The van der Waals surface area contributed by atoms with Crippen LogP contribution < -0.4 is 5.32 Å². The van der Waals surface area contributed by atoms with Crippen LogP contribution in [0.1, 0.15) is 91.4 Å². The summed E-state index contributed by atoms with van der Waals surface area (Å²) in [4.78, 5) is 22.0. The molecule has 36 heavy (non-hydrogen) atoms. The van der Waals surface area contributed by atoms with Crippen LogP contribution >= 0.6 is 0 Å². The van der Waals surface area contributed by atoms with Crippen LogP contribution in [0.3, 0.4) is 0 Å². The number of carbonyl (C=O) groups is 1. The molecule has 2 unspecified atom stereocenters. The molecule has 192 valence electrons. The second-order valence-corrected chi connectivity index (χ2v) is 11.1. The Bertz CT molecular complexity index is 1250. The van der Waals surface area contributed by atoms with E-state index in [2.05, 4.69) is 23.3 Å². The molecule has 1 aliphatic carbocycles. The van der Waals surface area contributed by atoms with Gasteiger partial charge in [-0.3, -0.25) is 9.78 Å². The first-order valence-corrected chi connectivity index (χ1v) is 13.7. The topological polar surface area (TPSA) is 59.3 Å². The van der Waals surface area contributed by atoms with E-state index in [4.69, 9.17) is 4.98 Å². The minimum atomic E-state index is -0.187. The van der Waals surface area contributed by atoms with E-state index >= 15 is 0 Å². The predicted molar refractivity (Wildman–Crippen MR) is 141 cm³/mol. The normalized spacial score (nSPS) is 22.4. The standard InChI is InChI=1S/C30H39FN4O/c1-19-15-23(11-13-32-19)26-12-14-33-28-10-8-22(7-9-27(26)28)16-25(36)6-4-5-24-18-35-17-20(2)34-30(35)21(3)29(24)31/h12,14,17-19,22-23,32H,4-11,13,15-16H2,1-3H3/t19-,22?,23?/m0/s1. The van der Waals surface area contributed by atoms with Crippen molar-refractivity contribution in [1.29, 1.82) is 0 Å². The molecule has 2 aliphatic rings. The summed E-state index contributed by atoms with van der Waals surface area (Å²) < 4.78 is 16.8. The number of fused-ring (bicyclic) bond motifs is 2. The Labute approximate surface area is 213 Å². The van der Waals surface area contributed by atoms with E-state index in [0.717, 1.165) is 37.9 Å². The average molecular weight is 491 g/mol. The van der Waals surface area contributed by atoms with Crippen LogP contribution in [0.15, 0.2) is 24.7 Å². The molecular formula is C30H39FN4O. The monoisotopic (exact) mass is 490 g/mol. The fourth-order valence-electron chi connectivity index (χ4n) is 6.42. The lowest BCUT2D eigenvalue weighted by atomic mass is 9.83. The number of Topliss-reactive ketones (excluding diaryl/α,β-unsaturated/α-hetero) is 1. The number of nitrogens with one attached hydrogen (secondary N) is 1. The van der Waals surface area contributed by atoms with E-state index in [1.165, 1.54) is 29.7 Å². The van der Waals surface area contributed by atoms with Gasteiger partial charge in [0.25, 0.3) is 0 Å². The highest BCUT2D eigenvalue weighted by molar-refractivity contribution is 5.78. The highest BCUT2D eigenvalue weighted by Crippen LogP contribution is 2.35. The van der Waals surface area contributed by atoms with Crippen LogP contribution in [0.5, 0.6) is 0 Å². The SMILES string of the molecule is Cc1cn2cc(CCCC(=O)CC3CCc4nccc(C5CCN[C@@H](C)C5)c4CC3)c(F)c(C)c2n1. The maximum absolute atomic E-state index is 14.9. The predicted octanol–water partition coefficient (Wildman–Crippen LogP) is 5.82. The lowest BCUT2D eigenvalue weighted by Gasteiger charge is -2.30. The van der Waals surface area contributed by atoms with Crippen LogP contribution in [-0.4, -0.2) is 32.7 Å². The van der Waals surface area contributed by atoms with Crippen molar-refractivity contribution in [3.8, 4) is 0 Å². The van der Waals surface area contributed by atoms with Gasteiger partial charge in [-0.25, -0.2) is 9.37 Å². The van der Waals surface area contributed by atoms with Gasteiger partial charge in [0, 0.05) is 54.3 Å². The molecule has 3 aromatic rings. The van der Waals surface area contributed by atoms with Gasteiger partial charge in [0.05, 0.1) is 5.69 Å². The van der Waals surface area contributed by atoms with Gasteiger partial charge in [-0.05, 0) is 108 Å². The fourth-order valence-corrected chi connectivity index (χ4v) is 6.42. The first-order chi connectivity index (χ1) is 17.4. The number of piperidine rings is 1. The molecule has 1 fully saturated rings. The minimum absolute atomic E-state index is 0.187. The lowest BCUT2D eigenvalue weighted by Crippen LogP contribution is -2.35. The number of imidazole rings is 1. The minimum Gasteiger partial charge on any atom is -0.314 e. The molecule has 0 saturated carbocycles. The third-order valence-electron chi connectivity index (χ3n) is 8.35. The van der Waals surface area contributed by atoms with Gasteiger partial charge in [-0.1, -0.05) is 0 Å². The zero-order valence-electron chi connectivity index (χ0n) is 21.9. The van der Waals surface area contributed by atoms with Crippen molar-refractivity contribution >= 4 is 11.4 Å². The van der Waals surface area contributed by atoms with E-state index in [-0.39, 0.29) is 5.82 Å². The van der Waals surface area contributed by atoms with E-state index in [9.17, 15) is 9.18 Å². The molecule has 3 aromatic heterocycles. The molecule has 4 heterocycles. The van der Waals surface area contributed by atoms with Crippen LogP contribution in [0.4, 0.5) is 4.39 Å². The van der Waals surface area contributed by atoms with Crippen molar-refractivity contribution in [2.45, 2.75) is 96.9 Å². The Morgan fingerprint density at radius 2 is 2.03 bits per heavy atom. The number of hydrogen-bond acceptors (Lipinski definition) is 4. The van der Waals surface area contributed by atoms with Crippen molar-refractivity contribution in [2.75, 3.05) is 6.54 Å². The second-order valence-electron chi connectivity index (χ2n) is 11.1. The van der Waals surface area contributed by atoms with Crippen molar-refractivity contribution in [3.05, 3.63) is 64.1 Å². The maximum Gasteiger partial charge on any atom is 0.142 e. The molecule has 3 atom stereocenters. The van der Waals surface area contributed by atoms with Crippen molar-refractivity contribution in [1.82, 2.24) is 19.7 Å². The Morgan fingerprint density at radius 1 is 1.19 bits per heavy atom. The summed E-state index contributed by atoms with van der Waals surface area (Å²) in [5.74, 6) is 1.15. The number of hydrogen-bond donors (Lipinski definition) is 1. The highest BCUT2D eigenvalue weighted by Gasteiger charge is 2.26. The lowest BCUT2D eigenvalue weighted by molar-refractivity contribution is -0.120. The smallest absolute Gasteiger partial charge is 0.142 e. The Balaban J connectivity index is 1.16. The van der Waals surface area contributed by atoms with E-state index in [1.54, 1.807) is 6.92 Å². The molecule has 6 heteroatoms. The summed E-state index contributed by atoms with van der Waals surface area (Å²) in [5, 5.41) is 3.57. The summed E-state index contributed by atoms with van der Waals surface area (Å²) in [6.07, 6.45) is 14.6. The molecule has 0 bridgehead atoms. The largest absolute Gasteiger partial charge is 0.314 e. The molecule has 1 aliphatic heterocycles. The van der Waals surface area contributed by atoms with Gasteiger partial charge in [0.2, 0.25) is 0 Å². The summed E-state index contributed by atoms with van der Waals surface area (Å²) in [6, 6.07) is 2.81. The first kappa shape index (κ1) is 25.1. The van der Waals surface area contributed by atoms with Gasteiger partial charge >= 0.3 is 0 Å². The van der Waals surface area contributed by atoms with Crippen molar-refractivity contribution in [2.24, 2.45) is 5.92 Å². The van der Waals surface area contributed by atoms with Gasteiger partial charge < -0.3 is 9.72 Å². The van der Waals surface area contributed by atoms with Gasteiger partial charge in [-0.2, -0.15) is 0 Å². The zero-order valence-corrected chi connectivity index (χ0v) is 21.9. The first-order valence-electron chi connectivity index (χ1n) is 13.7. The molecule has 1 saturated heterocycles. The number of pyridine rings is 2. The highest BCUT2D eigenvalue weighted by atomic mass is 19.1. The molecule has 0 spiro atoms. The van der Waals surface area contributed by atoms with Crippen LogP contribution in [0.25, 0.3) is 5.65 Å². The molecule has 0 radical (unpaired) electrons. The van der Waals surface area contributed by atoms with Gasteiger partial charge in [0.15, 0.2) is 0 Å². The quantitative estimate of drug-likeness (QED) is 0.424. The van der Waals surface area contributed by atoms with Crippen molar-refractivity contribution in [3.63, 3.8) is 0 Å². The number of halogens is 1. The van der Waals surface area contributed by atoms with E-state index < -0.39 is 0 Å². The number of aromatic nitrogens is 3. The molecule has 1 N–H and O–H groups in total. The molecular weight excluding hydrogens is 451 g/mol. The average Bonchev–Trinajstić information content (AvgIpc) is 3.11. The Kier molecular flexibility index (Phi) is 7.52. The summed E-state index contributed by atoms with van der Waals surface area (Å²) in [6.45, 7) is 7.06. The summed E-state index contributed by atoms with van der Waals surface area (Å²) >= 11 is 0. The molecule has 5 nitrogen and oxygen atoms in total. The van der Waals surface area contributed by atoms with Gasteiger partial charge in [0.1, 0.15) is 17.2 Å². The van der Waals surface area contributed by atoms with E-state index in [0.29, 0.717) is 66.1 Å². The Hall–Kier alpha value is -2.60. The number of nitrogens with zero attached hydrogens (tertiary/aromatic N) is 3. The number of rotatable bonds is 7. The van der Waals surface area contributed by atoms with Crippen molar-refractivity contribution < 1.29 is 9.18 Å². The fraction of sp³-hybridized carbons (Fsp3) is 0.567. The Morgan fingerprint density at radius 3 is 2.86 bits per heavy atom. The molecule has 5 rings (SSSR count). The summed E-state index contributed by atoms with van der Waals surface area (Å²) in [7, 11) is 0. The molecule has 0 amide bonds. The van der Waals surface area contributed by atoms with Gasteiger partial charge in [-0.15, -0.1) is 0 Å². The number of carbonyl (C=O) groups excluding carboxylic acids is 1. The van der Waals surface area contributed by atoms with Crippen LogP contribution in [0.2, 0.25) is 0 Å². The maximum atomic E-state index is 14.9. The van der Waals surface area contributed by atoms with Crippen LogP contribution in [-0.2, 0) is 24.1 Å². The number of ketones is 1. The molecule has 0 aromatic carbocycles. The third-order valence-corrected chi connectivity index (χ3v) is 8.35. The van der Waals surface area contributed by atoms with E-state index in [1.807, 2.05) is 29.9 Å². The third kappa shape index (κ3) is 5.39. The summed E-state index contributed by atoms with van der Waals surface area (Å²) in [5.41, 5.74) is 7.02. The number of aryl methyl sites for hydroxylation is 4.